The van der Waals surface area contributed by atoms with Crippen LogP contribution in [-0.4, -0.2) is 12.2 Å². The number of ether oxygens (including phenoxy) is 1. The molecular formula is C25H19NaO3S2. The summed E-state index contributed by atoms with van der Waals surface area (Å²) in [5.41, 5.74) is 4.33. The van der Waals surface area contributed by atoms with Gasteiger partial charge in [-0.15, -0.1) is 23.1 Å². The van der Waals surface area contributed by atoms with Crippen LogP contribution in [-0.2, 0) is 6.61 Å². The van der Waals surface area contributed by atoms with E-state index in [0.717, 1.165) is 37.8 Å². The van der Waals surface area contributed by atoms with Crippen molar-refractivity contribution in [1.29, 1.82) is 0 Å². The summed E-state index contributed by atoms with van der Waals surface area (Å²) >= 11 is 3.33. The second-order valence-corrected chi connectivity index (χ2v) is 8.46. The van der Waals surface area contributed by atoms with Crippen LogP contribution in [0.2, 0.25) is 0 Å². The van der Waals surface area contributed by atoms with Gasteiger partial charge in [0, 0.05) is 20.9 Å². The smallest absolute Gasteiger partial charge is 0.545 e. The minimum absolute atomic E-state index is 0. The number of carboxylic acids is 1. The van der Waals surface area contributed by atoms with Crippen LogP contribution in [0.3, 0.4) is 0 Å². The number of carbonyl (C=O) groups is 1. The zero-order valence-corrected chi connectivity index (χ0v) is 21.0. The van der Waals surface area contributed by atoms with E-state index in [-0.39, 0.29) is 35.1 Å². The number of thioether (sulfide) groups is 1. The van der Waals surface area contributed by atoms with E-state index in [1.54, 1.807) is 35.2 Å². The fourth-order valence-electron chi connectivity index (χ4n) is 3.21. The quantitative estimate of drug-likeness (QED) is 0.318. The predicted octanol–water partition coefficient (Wildman–Crippen LogP) is 2.75. The first-order chi connectivity index (χ1) is 14.7. The molecule has 0 saturated carbocycles. The summed E-state index contributed by atoms with van der Waals surface area (Å²) in [6.45, 7) is 0.494. The number of aromatic carboxylic acids is 1. The second kappa shape index (κ2) is 11.0. The van der Waals surface area contributed by atoms with Crippen LogP contribution in [0.25, 0.3) is 21.6 Å². The van der Waals surface area contributed by atoms with E-state index in [2.05, 4.69) is 24.5 Å². The molecule has 0 spiro atoms. The summed E-state index contributed by atoms with van der Waals surface area (Å²) in [7, 11) is 0. The largest absolute Gasteiger partial charge is 1.00 e. The zero-order valence-electron chi connectivity index (χ0n) is 17.3. The van der Waals surface area contributed by atoms with Crippen LogP contribution in [0, 0.1) is 0 Å². The van der Waals surface area contributed by atoms with Crippen molar-refractivity contribution in [1.82, 2.24) is 0 Å². The predicted molar refractivity (Wildman–Crippen MR) is 122 cm³/mol. The van der Waals surface area contributed by atoms with E-state index >= 15 is 0 Å². The van der Waals surface area contributed by atoms with Crippen LogP contribution >= 0.6 is 23.1 Å². The van der Waals surface area contributed by atoms with Crippen molar-refractivity contribution in [2.24, 2.45) is 0 Å². The molecule has 0 bridgehead atoms. The minimum Gasteiger partial charge on any atom is -0.545 e. The van der Waals surface area contributed by atoms with Gasteiger partial charge in [0.05, 0.1) is 5.97 Å². The Morgan fingerprint density at radius 2 is 1.71 bits per heavy atom. The number of rotatable bonds is 7. The number of carboxylic acid groups (broad SMARTS) is 1. The molecule has 0 saturated heterocycles. The first kappa shape index (κ1) is 23.6. The summed E-state index contributed by atoms with van der Waals surface area (Å²) in [5, 5.41) is 13.1. The third-order valence-corrected chi connectivity index (χ3v) is 6.44. The second-order valence-electron chi connectivity index (χ2n) is 6.66. The van der Waals surface area contributed by atoms with Gasteiger partial charge in [0.25, 0.3) is 0 Å². The maximum atomic E-state index is 11.1. The Hall–Kier alpha value is -2.02. The molecule has 31 heavy (non-hydrogen) atoms. The number of hydrogen-bond donors (Lipinski definition) is 0. The van der Waals surface area contributed by atoms with Gasteiger partial charge >= 0.3 is 29.6 Å². The fourth-order valence-corrected chi connectivity index (χ4v) is 4.59. The van der Waals surface area contributed by atoms with Crippen molar-refractivity contribution in [3.05, 3.63) is 95.4 Å². The minimum atomic E-state index is -1.17. The van der Waals surface area contributed by atoms with E-state index in [1.165, 1.54) is 0 Å². The summed E-state index contributed by atoms with van der Waals surface area (Å²) in [6.07, 6.45) is 2.05. The molecule has 0 fully saturated rings. The van der Waals surface area contributed by atoms with Gasteiger partial charge < -0.3 is 14.6 Å². The number of hydrogen-bond acceptors (Lipinski definition) is 5. The monoisotopic (exact) mass is 454 g/mol. The van der Waals surface area contributed by atoms with Crippen LogP contribution < -0.4 is 39.4 Å². The normalized spacial score (nSPS) is 10.4. The molecule has 0 unspecified atom stereocenters. The van der Waals surface area contributed by atoms with Crippen molar-refractivity contribution in [3.8, 4) is 27.3 Å². The van der Waals surface area contributed by atoms with E-state index in [4.69, 9.17) is 4.74 Å². The van der Waals surface area contributed by atoms with E-state index in [1.807, 2.05) is 53.9 Å². The maximum absolute atomic E-state index is 11.1. The number of benzene rings is 3. The van der Waals surface area contributed by atoms with Gasteiger partial charge in [0.2, 0.25) is 0 Å². The molecule has 0 radical (unpaired) electrons. The Morgan fingerprint density at radius 1 is 0.968 bits per heavy atom. The molecule has 0 N–H and O–H groups in total. The molecule has 150 valence electrons. The summed E-state index contributed by atoms with van der Waals surface area (Å²) in [4.78, 5) is 13.3. The van der Waals surface area contributed by atoms with E-state index in [9.17, 15) is 9.90 Å². The van der Waals surface area contributed by atoms with Gasteiger partial charge in [0.1, 0.15) is 12.4 Å². The van der Waals surface area contributed by atoms with Crippen molar-refractivity contribution in [2.45, 2.75) is 11.5 Å². The molecule has 4 aromatic rings. The number of thiophene rings is 1. The van der Waals surface area contributed by atoms with Gasteiger partial charge in [0.15, 0.2) is 0 Å². The first-order valence-corrected chi connectivity index (χ1v) is 11.5. The van der Waals surface area contributed by atoms with Crippen molar-refractivity contribution in [3.63, 3.8) is 0 Å². The number of carbonyl (C=O) groups excluding carboxylic acids is 1. The zero-order chi connectivity index (χ0) is 20.9. The van der Waals surface area contributed by atoms with Gasteiger partial charge in [-0.1, -0.05) is 54.6 Å². The maximum Gasteiger partial charge on any atom is 1.00 e. The summed E-state index contributed by atoms with van der Waals surface area (Å²) in [6, 6.07) is 25.2. The molecule has 3 aromatic carbocycles. The molecule has 6 heteroatoms. The third-order valence-electron chi connectivity index (χ3n) is 4.77. The van der Waals surface area contributed by atoms with Crippen LogP contribution in [0.15, 0.2) is 89.1 Å². The standard InChI is InChI=1S/C25H20O3S2.Na/c1-29-20-11-12-23(28-16-17-5-3-2-4-6-17)22(15-20)24-21(13-14-30-24)18-7-9-19(10-8-18)25(26)27;/h2-15H,16H2,1H3,(H,26,27);/q;+1/p-1. The molecule has 3 nitrogen and oxygen atoms in total. The average Bonchev–Trinajstić information content (AvgIpc) is 3.28. The molecule has 0 amide bonds. The van der Waals surface area contributed by atoms with Crippen LogP contribution in [0.4, 0.5) is 0 Å². The molecule has 0 aliphatic heterocycles. The average molecular weight is 455 g/mol. The Labute approximate surface area is 212 Å². The summed E-state index contributed by atoms with van der Waals surface area (Å²) in [5.74, 6) is -0.344. The third kappa shape index (κ3) is 5.62. The Kier molecular flexibility index (Phi) is 8.41. The summed E-state index contributed by atoms with van der Waals surface area (Å²) < 4.78 is 6.20. The Balaban J connectivity index is 0.00000272. The molecular weight excluding hydrogens is 435 g/mol. The first-order valence-electron chi connectivity index (χ1n) is 9.40. The Bertz CT molecular complexity index is 1160. The molecule has 1 heterocycles. The molecule has 0 aliphatic carbocycles. The van der Waals surface area contributed by atoms with Gasteiger partial charge in [-0.2, -0.15) is 0 Å². The van der Waals surface area contributed by atoms with Crippen molar-refractivity contribution < 1.29 is 44.2 Å². The van der Waals surface area contributed by atoms with Crippen LogP contribution in [0.1, 0.15) is 15.9 Å². The van der Waals surface area contributed by atoms with Crippen molar-refractivity contribution >= 4 is 29.1 Å². The van der Waals surface area contributed by atoms with E-state index < -0.39 is 5.97 Å². The SMILES string of the molecule is CSc1ccc(OCc2ccccc2)c(-c2sccc2-c2ccc(C(=O)[O-])cc2)c1.[Na+]. The molecule has 0 aliphatic rings. The molecule has 1 aromatic heterocycles. The van der Waals surface area contributed by atoms with Gasteiger partial charge in [-0.3, -0.25) is 0 Å². The van der Waals surface area contributed by atoms with Gasteiger partial charge in [-0.05, 0) is 52.6 Å². The van der Waals surface area contributed by atoms with Crippen molar-refractivity contribution in [2.75, 3.05) is 6.26 Å². The Morgan fingerprint density at radius 3 is 2.39 bits per heavy atom. The molecule has 0 atom stereocenters. The van der Waals surface area contributed by atoms with Crippen LogP contribution in [0.5, 0.6) is 5.75 Å². The molecule has 4 rings (SSSR count). The fraction of sp³-hybridized carbons (Fsp3) is 0.0800. The van der Waals surface area contributed by atoms with E-state index in [0.29, 0.717) is 6.61 Å². The van der Waals surface area contributed by atoms with Gasteiger partial charge in [-0.25, -0.2) is 0 Å². The topological polar surface area (TPSA) is 49.4 Å².